The fraction of sp³-hybridized carbons (Fsp3) is 1.00. The topological polar surface area (TPSA) is 0 Å². The fourth-order valence-corrected chi connectivity index (χ4v) is 3.79. The van der Waals surface area contributed by atoms with Crippen molar-refractivity contribution in [1.29, 1.82) is 0 Å². The van der Waals surface area contributed by atoms with Crippen LogP contribution in [-0.2, 0) is 0 Å². The van der Waals surface area contributed by atoms with Crippen molar-refractivity contribution < 1.29 is 0 Å². The second-order valence-electron chi connectivity index (χ2n) is 1.29. The summed E-state index contributed by atoms with van der Waals surface area (Å²) >= 11 is 2.00. The molecule has 0 radical (unpaired) electrons. The highest BCUT2D eigenvalue weighted by Crippen LogP contribution is 2.30. The summed E-state index contributed by atoms with van der Waals surface area (Å²) in [5.41, 5.74) is 0. The molecule has 3 heteroatoms. The van der Waals surface area contributed by atoms with Crippen molar-refractivity contribution in [2.75, 3.05) is 12.0 Å². The van der Waals surface area contributed by atoms with E-state index in [2.05, 4.69) is 20.1 Å². The molecule has 0 aromatic heterocycles. The molecular weight excluding hydrogens is 156 g/mol. The number of hydrogen-bond donors (Lipinski definition) is 0. The highest BCUT2D eigenvalue weighted by molar-refractivity contribution is 8.78. The second kappa shape index (κ2) is 6.17. The zero-order valence-corrected chi connectivity index (χ0v) is 7.96. The first kappa shape index (κ1) is 9.05. The monoisotopic (exact) mass is 168 g/mol. The maximum atomic E-state index is 2.25. The van der Waals surface area contributed by atoms with Crippen LogP contribution >= 0.6 is 33.3 Å². The van der Waals surface area contributed by atoms with E-state index < -0.39 is 0 Å². The Bertz CT molecular complexity index is 40.9. The van der Waals surface area contributed by atoms with Gasteiger partial charge in [0.1, 0.15) is 0 Å². The first-order chi connectivity index (χ1) is 3.81. The van der Waals surface area contributed by atoms with Crippen LogP contribution in [0.3, 0.4) is 0 Å². The smallest absolute Gasteiger partial charge is 0.0577 e. The molecule has 0 aromatic rings. The molecule has 8 heavy (non-hydrogen) atoms. The van der Waals surface area contributed by atoms with Gasteiger partial charge in [-0.2, -0.15) is 0 Å². The van der Waals surface area contributed by atoms with Crippen LogP contribution in [0.15, 0.2) is 0 Å². The summed E-state index contributed by atoms with van der Waals surface area (Å²) in [6.45, 7) is 4.44. The third-order valence-corrected chi connectivity index (χ3v) is 4.41. The molecule has 0 N–H and O–H groups in total. The van der Waals surface area contributed by atoms with Crippen molar-refractivity contribution in [1.82, 2.24) is 0 Å². The van der Waals surface area contributed by atoms with Gasteiger partial charge in [-0.1, -0.05) is 28.5 Å². The van der Waals surface area contributed by atoms with Crippen LogP contribution in [0.1, 0.15) is 13.8 Å². The molecular formula is C5H12S3. The van der Waals surface area contributed by atoms with E-state index in [0.29, 0.717) is 0 Å². The van der Waals surface area contributed by atoms with E-state index in [1.54, 1.807) is 0 Å². The Balaban J connectivity index is 2.92. The zero-order valence-electron chi connectivity index (χ0n) is 5.51. The van der Waals surface area contributed by atoms with Gasteiger partial charge in [-0.15, -0.1) is 11.8 Å². The van der Waals surface area contributed by atoms with Crippen molar-refractivity contribution in [3.05, 3.63) is 0 Å². The Hall–Kier alpha value is 1.05. The molecule has 0 saturated carbocycles. The van der Waals surface area contributed by atoms with Crippen LogP contribution in [-0.4, -0.2) is 16.6 Å². The summed E-state index contributed by atoms with van der Waals surface area (Å²) in [6, 6.07) is 0. The van der Waals surface area contributed by atoms with Crippen LogP contribution in [0, 0.1) is 0 Å². The predicted molar refractivity (Wildman–Crippen MR) is 48.7 cm³/mol. The van der Waals surface area contributed by atoms with Gasteiger partial charge in [-0.05, 0) is 18.9 Å². The molecule has 0 heterocycles. The van der Waals surface area contributed by atoms with Crippen LogP contribution in [0.4, 0.5) is 0 Å². The summed E-state index contributed by atoms with van der Waals surface area (Å²) in [5, 5.41) is 0. The Morgan fingerprint density at radius 3 is 2.50 bits per heavy atom. The van der Waals surface area contributed by atoms with Crippen molar-refractivity contribution in [3.63, 3.8) is 0 Å². The molecule has 0 rings (SSSR count). The minimum Gasteiger partial charge on any atom is -0.147 e. The van der Waals surface area contributed by atoms with Crippen molar-refractivity contribution in [2.24, 2.45) is 0 Å². The van der Waals surface area contributed by atoms with E-state index in [1.165, 1.54) is 5.75 Å². The quantitative estimate of drug-likeness (QED) is 0.468. The normalized spacial score (nSPS) is 13.9. The fourth-order valence-electron chi connectivity index (χ4n) is 0.398. The van der Waals surface area contributed by atoms with Crippen molar-refractivity contribution >= 4 is 33.3 Å². The Labute approximate surface area is 64.0 Å². The van der Waals surface area contributed by atoms with E-state index in [0.717, 1.165) is 4.58 Å². The Morgan fingerprint density at radius 1 is 1.50 bits per heavy atom. The van der Waals surface area contributed by atoms with E-state index in [4.69, 9.17) is 0 Å². The number of rotatable bonds is 4. The van der Waals surface area contributed by atoms with Crippen LogP contribution in [0.25, 0.3) is 0 Å². The Morgan fingerprint density at radius 2 is 2.12 bits per heavy atom. The maximum Gasteiger partial charge on any atom is 0.0577 e. The molecule has 0 nitrogen and oxygen atoms in total. The summed E-state index contributed by atoms with van der Waals surface area (Å²) in [4.78, 5) is 0. The lowest BCUT2D eigenvalue weighted by atomic mass is 10.9. The molecule has 0 bridgehead atoms. The van der Waals surface area contributed by atoms with E-state index in [-0.39, 0.29) is 0 Å². The second-order valence-corrected chi connectivity index (χ2v) is 6.01. The molecule has 0 aliphatic rings. The van der Waals surface area contributed by atoms with Gasteiger partial charge < -0.3 is 0 Å². The molecule has 0 amide bonds. The first-order valence-electron chi connectivity index (χ1n) is 2.62. The minimum atomic E-state index is 0.759. The van der Waals surface area contributed by atoms with Gasteiger partial charge in [-0.3, -0.25) is 0 Å². The van der Waals surface area contributed by atoms with Gasteiger partial charge in [0.05, 0.1) is 4.58 Å². The van der Waals surface area contributed by atoms with E-state index in [1.807, 2.05) is 33.3 Å². The van der Waals surface area contributed by atoms with Gasteiger partial charge in [0.15, 0.2) is 0 Å². The summed E-state index contributed by atoms with van der Waals surface area (Å²) in [6.07, 6.45) is 2.12. The van der Waals surface area contributed by atoms with Gasteiger partial charge >= 0.3 is 0 Å². The lowest BCUT2D eigenvalue weighted by Gasteiger charge is -2.04. The molecule has 1 atom stereocenters. The van der Waals surface area contributed by atoms with Crippen molar-refractivity contribution in [2.45, 2.75) is 18.4 Å². The zero-order chi connectivity index (χ0) is 6.41. The highest BCUT2D eigenvalue weighted by Gasteiger charge is 1.97. The third kappa shape index (κ3) is 5.19. The van der Waals surface area contributed by atoms with E-state index >= 15 is 0 Å². The van der Waals surface area contributed by atoms with Gasteiger partial charge in [0, 0.05) is 0 Å². The lowest BCUT2D eigenvalue weighted by molar-refractivity contribution is 1.40. The van der Waals surface area contributed by atoms with Crippen LogP contribution < -0.4 is 0 Å². The van der Waals surface area contributed by atoms with Gasteiger partial charge in [0.2, 0.25) is 0 Å². The van der Waals surface area contributed by atoms with E-state index in [9.17, 15) is 0 Å². The predicted octanol–water partition coefficient (Wildman–Crippen LogP) is 3.10. The van der Waals surface area contributed by atoms with Crippen LogP contribution in [0.5, 0.6) is 0 Å². The molecule has 0 aromatic carbocycles. The molecule has 50 valence electrons. The molecule has 0 aliphatic carbocycles. The minimum absolute atomic E-state index is 0.759. The summed E-state index contributed by atoms with van der Waals surface area (Å²) in [7, 11) is 3.78. The molecule has 0 aliphatic heterocycles. The maximum absolute atomic E-state index is 2.25. The molecule has 1 unspecified atom stereocenters. The standard InChI is InChI=1S/C5H12S3/c1-4-7-5(2)8-6-3/h5H,4H2,1-3H3. The largest absolute Gasteiger partial charge is 0.147 e. The summed E-state index contributed by atoms with van der Waals surface area (Å²) < 4.78 is 0.759. The third-order valence-electron chi connectivity index (χ3n) is 0.633. The van der Waals surface area contributed by atoms with Crippen molar-refractivity contribution in [3.8, 4) is 0 Å². The summed E-state index contributed by atoms with van der Waals surface area (Å²) in [5.74, 6) is 1.23. The first-order valence-corrected chi connectivity index (χ1v) is 6.29. The lowest BCUT2D eigenvalue weighted by Crippen LogP contribution is -1.84. The average Bonchev–Trinajstić information content (AvgIpc) is 1.68. The van der Waals surface area contributed by atoms with Crippen LogP contribution in [0.2, 0.25) is 0 Å². The van der Waals surface area contributed by atoms with Gasteiger partial charge in [0.25, 0.3) is 0 Å². The Kier molecular flexibility index (Phi) is 6.98. The number of hydrogen-bond acceptors (Lipinski definition) is 3. The molecule has 0 fully saturated rings. The number of thioether (sulfide) groups is 1. The average molecular weight is 168 g/mol. The SMILES string of the molecule is CCSC(C)SSC. The molecule has 0 spiro atoms. The van der Waals surface area contributed by atoms with Gasteiger partial charge in [-0.25, -0.2) is 0 Å². The highest BCUT2D eigenvalue weighted by atomic mass is 33.1. The molecule has 0 saturated heterocycles.